The molecule has 136 valence electrons. The highest BCUT2D eigenvalue weighted by Gasteiger charge is 2.35. The van der Waals surface area contributed by atoms with Crippen molar-refractivity contribution in [2.24, 2.45) is 0 Å². The van der Waals surface area contributed by atoms with E-state index in [4.69, 9.17) is 0 Å². The van der Waals surface area contributed by atoms with Gasteiger partial charge in [-0.1, -0.05) is 11.8 Å². The van der Waals surface area contributed by atoms with Gasteiger partial charge in [-0.25, -0.2) is 13.4 Å². The van der Waals surface area contributed by atoms with Crippen molar-refractivity contribution in [1.29, 1.82) is 0 Å². The molecular weight excluding hydrogens is 364 g/mol. The van der Waals surface area contributed by atoms with E-state index in [0.717, 1.165) is 5.75 Å². The molecule has 1 atom stereocenters. The van der Waals surface area contributed by atoms with Gasteiger partial charge in [0.05, 0.1) is 11.5 Å². The Hall–Kier alpha value is -1.39. The van der Waals surface area contributed by atoms with E-state index in [0.29, 0.717) is 44.3 Å². The van der Waals surface area contributed by atoms with E-state index in [2.05, 4.69) is 9.88 Å². The molecule has 0 spiro atoms. The van der Waals surface area contributed by atoms with E-state index in [1.165, 1.54) is 18.0 Å². The zero-order chi connectivity index (χ0) is 17.6. The molecule has 4 heterocycles. The van der Waals surface area contributed by atoms with Crippen LogP contribution in [0, 0.1) is 0 Å². The number of piperazine rings is 1. The molecule has 1 amide bonds. The number of sulfone groups is 1. The molecule has 4 rings (SSSR count). The van der Waals surface area contributed by atoms with Gasteiger partial charge in [-0.2, -0.15) is 0 Å². The zero-order valence-corrected chi connectivity index (χ0v) is 15.4. The smallest absolute Gasteiger partial charge is 0.267 e. The molecule has 1 aromatic heterocycles. The Kier molecular flexibility index (Phi) is 4.37. The van der Waals surface area contributed by atoms with Crippen LogP contribution in [0.15, 0.2) is 16.1 Å². The second-order valence-corrected chi connectivity index (χ2v) is 9.94. The molecule has 8 nitrogen and oxygen atoms in total. The Balaban J connectivity index is 1.43. The average molecular weight is 384 g/mol. The molecule has 2 saturated heterocycles. The molecule has 0 saturated carbocycles. The Bertz CT molecular complexity index is 859. The zero-order valence-electron chi connectivity index (χ0n) is 13.8. The highest BCUT2D eigenvalue weighted by atomic mass is 32.2. The summed E-state index contributed by atoms with van der Waals surface area (Å²) in [4.78, 5) is 33.2. The van der Waals surface area contributed by atoms with Crippen molar-refractivity contribution < 1.29 is 13.2 Å². The average Bonchev–Trinajstić information content (AvgIpc) is 3.21. The van der Waals surface area contributed by atoms with Gasteiger partial charge in [0.2, 0.25) is 0 Å². The quantitative estimate of drug-likeness (QED) is 0.622. The molecule has 1 aromatic rings. The van der Waals surface area contributed by atoms with Crippen LogP contribution in [-0.4, -0.2) is 83.2 Å². The number of rotatable bonds is 2. The number of hydrogen-bond acceptors (Lipinski definition) is 7. The molecule has 0 aromatic carbocycles. The monoisotopic (exact) mass is 384 g/mol. The third-order valence-corrected chi connectivity index (χ3v) is 7.83. The van der Waals surface area contributed by atoms with Gasteiger partial charge in [0.1, 0.15) is 5.56 Å². The van der Waals surface area contributed by atoms with Crippen molar-refractivity contribution >= 4 is 27.5 Å². The lowest BCUT2D eigenvalue weighted by Crippen LogP contribution is -2.53. The van der Waals surface area contributed by atoms with E-state index in [1.54, 1.807) is 9.47 Å². The second-order valence-electron chi connectivity index (χ2n) is 6.64. The molecule has 2 fully saturated rings. The van der Waals surface area contributed by atoms with Crippen LogP contribution < -0.4 is 5.56 Å². The fraction of sp³-hybridized carbons (Fsp3) is 0.667. The molecule has 3 aliphatic rings. The summed E-state index contributed by atoms with van der Waals surface area (Å²) in [6.45, 7) is 2.89. The number of aromatic nitrogens is 2. The largest absolute Gasteiger partial charge is 0.336 e. The van der Waals surface area contributed by atoms with Crippen molar-refractivity contribution in [3.63, 3.8) is 0 Å². The molecule has 0 bridgehead atoms. The van der Waals surface area contributed by atoms with Crippen molar-refractivity contribution in [1.82, 2.24) is 19.4 Å². The Morgan fingerprint density at radius 1 is 1.20 bits per heavy atom. The molecule has 3 aliphatic heterocycles. The van der Waals surface area contributed by atoms with Crippen LogP contribution in [0.2, 0.25) is 0 Å². The third-order valence-electron chi connectivity index (χ3n) is 5.11. The first-order chi connectivity index (χ1) is 11.9. The molecule has 10 heteroatoms. The number of hydrogen-bond donors (Lipinski definition) is 0. The minimum atomic E-state index is -2.91. The van der Waals surface area contributed by atoms with Gasteiger partial charge < -0.3 is 4.90 Å². The van der Waals surface area contributed by atoms with Gasteiger partial charge in [0, 0.05) is 50.7 Å². The maximum atomic E-state index is 12.7. The fourth-order valence-corrected chi connectivity index (χ4v) is 6.36. The fourth-order valence-electron chi connectivity index (χ4n) is 3.69. The normalized spacial score (nSPS) is 25.9. The van der Waals surface area contributed by atoms with Crippen LogP contribution in [0.25, 0.3) is 0 Å². The van der Waals surface area contributed by atoms with E-state index in [-0.39, 0.29) is 34.6 Å². The second kappa shape index (κ2) is 6.40. The highest BCUT2D eigenvalue weighted by molar-refractivity contribution is 7.99. The van der Waals surface area contributed by atoms with E-state index in [1.807, 2.05) is 0 Å². The number of nitrogens with zero attached hydrogens (tertiary/aromatic N) is 4. The van der Waals surface area contributed by atoms with Gasteiger partial charge in [-0.3, -0.25) is 19.1 Å². The molecule has 0 N–H and O–H groups in total. The summed E-state index contributed by atoms with van der Waals surface area (Å²) in [6.07, 6.45) is 2.06. The van der Waals surface area contributed by atoms with Crippen molar-refractivity contribution in [2.45, 2.75) is 24.2 Å². The van der Waals surface area contributed by atoms with Crippen molar-refractivity contribution in [3.8, 4) is 0 Å². The van der Waals surface area contributed by atoms with Crippen molar-refractivity contribution in [2.75, 3.05) is 43.4 Å². The maximum Gasteiger partial charge on any atom is 0.267 e. The standard InChI is InChI=1S/C15H20N4O4S2/c20-13(12-9-16-15-19(14(12)21)6-7-24-15)18-4-2-17(3-5-18)11-1-8-25(22,23)10-11/h9,11H,1-8,10H2. The summed E-state index contributed by atoms with van der Waals surface area (Å²) in [7, 11) is -2.91. The van der Waals surface area contributed by atoms with Crippen LogP contribution in [0.4, 0.5) is 0 Å². The summed E-state index contributed by atoms with van der Waals surface area (Å²) >= 11 is 1.52. The summed E-state index contributed by atoms with van der Waals surface area (Å²) < 4.78 is 24.8. The van der Waals surface area contributed by atoms with E-state index < -0.39 is 9.84 Å². The Morgan fingerprint density at radius 2 is 1.96 bits per heavy atom. The lowest BCUT2D eigenvalue weighted by molar-refractivity contribution is 0.0584. The van der Waals surface area contributed by atoms with Crippen LogP contribution in [0.3, 0.4) is 0 Å². The molecule has 0 radical (unpaired) electrons. The van der Waals surface area contributed by atoms with E-state index in [9.17, 15) is 18.0 Å². The highest BCUT2D eigenvalue weighted by Crippen LogP contribution is 2.22. The first-order valence-electron chi connectivity index (χ1n) is 8.41. The lowest BCUT2D eigenvalue weighted by atomic mass is 10.1. The minimum absolute atomic E-state index is 0.0616. The molecular formula is C15H20N4O4S2. The lowest BCUT2D eigenvalue weighted by Gasteiger charge is -2.37. The van der Waals surface area contributed by atoms with E-state index >= 15 is 0 Å². The van der Waals surface area contributed by atoms with Crippen LogP contribution in [0.1, 0.15) is 16.8 Å². The molecule has 25 heavy (non-hydrogen) atoms. The minimum Gasteiger partial charge on any atom is -0.336 e. The maximum absolute atomic E-state index is 12.7. The topological polar surface area (TPSA) is 92.6 Å². The Morgan fingerprint density at radius 3 is 2.64 bits per heavy atom. The first-order valence-corrected chi connectivity index (χ1v) is 11.2. The Labute approximate surface area is 150 Å². The van der Waals surface area contributed by atoms with Gasteiger partial charge in [0.15, 0.2) is 15.0 Å². The first kappa shape index (κ1) is 17.0. The van der Waals surface area contributed by atoms with Crippen LogP contribution >= 0.6 is 11.8 Å². The summed E-state index contributed by atoms with van der Waals surface area (Å²) in [5.41, 5.74) is -0.132. The summed E-state index contributed by atoms with van der Waals surface area (Å²) in [5, 5.41) is 0.675. The SMILES string of the molecule is O=C(c1cnc2n(c1=O)CCS2)N1CCN(C2CCS(=O)(=O)C2)CC1. The van der Waals surface area contributed by atoms with Crippen LogP contribution in [-0.2, 0) is 16.4 Å². The summed E-state index contributed by atoms with van der Waals surface area (Å²) in [5.74, 6) is 1.01. The number of fused-ring (bicyclic) bond motifs is 1. The summed E-state index contributed by atoms with van der Waals surface area (Å²) in [6, 6.07) is 0.0616. The van der Waals surface area contributed by atoms with Crippen molar-refractivity contribution in [3.05, 3.63) is 22.1 Å². The van der Waals surface area contributed by atoms with Gasteiger partial charge in [-0.05, 0) is 6.42 Å². The molecule has 1 unspecified atom stereocenters. The molecule has 0 aliphatic carbocycles. The van der Waals surface area contributed by atoms with Gasteiger partial charge in [-0.15, -0.1) is 0 Å². The predicted molar refractivity (Wildman–Crippen MR) is 93.8 cm³/mol. The number of carbonyl (C=O) groups excluding carboxylic acids is 1. The van der Waals surface area contributed by atoms with Crippen LogP contribution in [0.5, 0.6) is 0 Å². The number of amides is 1. The van der Waals surface area contributed by atoms with Gasteiger partial charge in [0.25, 0.3) is 11.5 Å². The number of thioether (sulfide) groups is 1. The number of carbonyl (C=O) groups is 1. The predicted octanol–water partition coefficient (Wildman–Crippen LogP) is -0.706. The third kappa shape index (κ3) is 3.22. The van der Waals surface area contributed by atoms with Gasteiger partial charge >= 0.3 is 0 Å².